The lowest BCUT2D eigenvalue weighted by Crippen LogP contribution is -2.27. The lowest BCUT2D eigenvalue weighted by molar-refractivity contribution is 0.102. The van der Waals surface area contributed by atoms with Crippen molar-refractivity contribution >= 4 is 57.2 Å². The van der Waals surface area contributed by atoms with Crippen LogP contribution in [0.5, 0.6) is 0 Å². The molecule has 0 spiro atoms. The summed E-state index contributed by atoms with van der Waals surface area (Å²) >= 11 is 12.0. The lowest BCUT2D eigenvalue weighted by Gasteiger charge is -2.22. The van der Waals surface area contributed by atoms with Crippen LogP contribution < -0.4 is 16.0 Å². The molecule has 11 heteroatoms. The topological polar surface area (TPSA) is 115 Å². The van der Waals surface area contributed by atoms with E-state index in [0.29, 0.717) is 66.4 Å². The number of rotatable bonds is 11. The number of hydrogen-bond acceptors (Lipinski definition) is 7. The van der Waals surface area contributed by atoms with Crippen LogP contribution in [0.15, 0.2) is 71.1 Å². The van der Waals surface area contributed by atoms with E-state index in [0.717, 1.165) is 28.1 Å². The predicted molar refractivity (Wildman–Crippen MR) is 160 cm³/mol. The summed E-state index contributed by atoms with van der Waals surface area (Å²) in [6.45, 7) is 1.42. The maximum atomic E-state index is 12.6. The molecule has 0 aliphatic heterocycles. The van der Waals surface area contributed by atoms with Crippen molar-refractivity contribution in [2.24, 2.45) is 7.05 Å². The van der Waals surface area contributed by atoms with Gasteiger partial charge >= 0.3 is 0 Å². The first-order chi connectivity index (χ1) is 19.4. The monoisotopic (exact) mass is 577 g/mol. The first-order valence-corrected chi connectivity index (χ1v) is 13.9. The number of carbonyl (C=O) groups excluding carboxylic acids is 1. The summed E-state index contributed by atoms with van der Waals surface area (Å²) < 4.78 is 7.96. The number of amides is 1. The largest absolute Gasteiger partial charge is 0.424 e. The van der Waals surface area contributed by atoms with Gasteiger partial charge < -0.3 is 24.9 Å². The molecule has 0 aliphatic rings. The number of carbonyl (C=O) groups is 1. The van der Waals surface area contributed by atoms with E-state index in [2.05, 4.69) is 38.6 Å². The van der Waals surface area contributed by atoms with E-state index in [1.54, 1.807) is 24.3 Å². The van der Waals surface area contributed by atoms with Gasteiger partial charge in [-0.05, 0) is 48.0 Å². The average molecular weight is 579 g/mol. The molecule has 40 heavy (non-hydrogen) atoms. The molecule has 0 atom stereocenters. The Kier molecular flexibility index (Phi) is 8.52. The summed E-state index contributed by atoms with van der Waals surface area (Å²) in [5.41, 5.74) is 11.4. The Hall–Kier alpha value is -4.08. The molecular weight excluding hydrogens is 549 g/mol. The fourth-order valence-corrected chi connectivity index (χ4v) is 4.90. The fraction of sp³-hybridized carbons (Fsp3) is 0.241. The highest BCUT2D eigenvalue weighted by molar-refractivity contribution is 6.18. The molecule has 0 bridgehead atoms. The molecule has 0 saturated heterocycles. The van der Waals surface area contributed by atoms with Gasteiger partial charge in [-0.2, -0.15) is 0 Å². The zero-order chi connectivity index (χ0) is 28.1. The molecule has 2 heterocycles. The lowest BCUT2D eigenvalue weighted by atomic mass is 10.1. The van der Waals surface area contributed by atoms with Crippen LogP contribution in [0.2, 0.25) is 0 Å². The molecule has 0 aliphatic carbocycles. The van der Waals surface area contributed by atoms with E-state index < -0.39 is 0 Å². The molecule has 3 N–H and O–H groups in total. The van der Waals surface area contributed by atoms with Gasteiger partial charge in [0.2, 0.25) is 11.8 Å². The first kappa shape index (κ1) is 27.5. The summed E-state index contributed by atoms with van der Waals surface area (Å²) in [7, 11) is 1.97. The Morgan fingerprint density at radius 2 is 1.68 bits per heavy atom. The minimum absolute atomic E-state index is 0.232. The summed E-state index contributed by atoms with van der Waals surface area (Å²) in [5, 5.41) is 11.3. The molecule has 5 aromatic rings. The maximum Gasteiger partial charge on any atom is 0.255 e. The number of benzene rings is 3. The van der Waals surface area contributed by atoms with Gasteiger partial charge in [-0.3, -0.25) is 4.79 Å². The first-order valence-electron chi connectivity index (χ1n) is 12.8. The van der Waals surface area contributed by atoms with Crippen LogP contribution in [0.1, 0.15) is 33.5 Å². The minimum Gasteiger partial charge on any atom is -0.424 e. The number of nitrogens with two attached hydrogens (primary N) is 1. The molecule has 3 aromatic carbocycles. The van der Waals surface area contributed by atoms with Crippen molar-refractivity contribution in [1.29, 1.82) is 0 Å². The van der Waals surface area contributed by atoms with E-state index in [1.165, 1.54) is 0 Å². The summed E-state index contributed by atoms with van der Waals surface area (Å²) in [5.74, 6) is 2.60. The highest BCUT2D eigenvalue weighted by atomic mass is 35.5. The number of aromatic nitrogens is 4. The zero-order valence-electron chi connectivity index (χ0n) is 22.0. The number of nitrogens with one attached hydrogen (secondary N) is 1. The third-order valence-electron chi connectivity index (χ3n) is 6.63. The Morgan fingerprint density at radius 3 is 2.38 bits per heavy atom. The van der Waals surface area contributed by atoms with E-state index >= 15 is 0 Å². The van der Waals surface area contributed by atoms with Crippen molar-refractivity contribution in [2.45, 2.75) is 12.8 Å². The number of hydrogen-bond donors (Lipinski definition) is 2. The van der Waals surface area contributed by atoms with Gasteiger partial charge in [-0.15, -0.1) is 33.4 Å². The van der Waals surface area contributed by atoms with E-state index in [1.807, 2.05) is 35.9 Å². The number of nitrogen functional groups attached to an aromatic ring is 1. The Labute approximate surface area is 241 Å². The van der Waals surface area contributed by atoms with Gasteiger partial charge in [0.25, 0.3) is 5.91 Å². The van der Waals surface area contributed by atoms with Crippen molar-refractivity contribution in [1.82, 2.24) is 19.7 Å². The second-order valence-electron chi connectivity index (χ2n) is 9.31. The second-order valence-corrected chi connectivity index (χ2v) is 10.1. The third kappa shape index (κ3) is 6.21. The van der Waals surface area contributed by atoms with E-state index in [-0.39, 0.29) is 5.91 Å². The maximum absolute atomic E-state index is 12.6. The van der Waals surface area contributed by atoms with Crippen LogP contribution in [0, 0.1) is 0 Å². The average Bonchev–Trinajstić information content (AvgIpc) is 3.53. The number of para-hydroxylation sites is 2. The van der Waals surface area contributed by atoms with Crippen LogP contribution in [0.25, 0.3) is 11.0 Å². The van der Waals surface area contributed by atoms with Crippen molar-refractivity contribution in [3.63, 3.8) is 0 Å². The highest BCUT2D eigenvalue weighted by Crippen LogP contribution is 2.24. The van der Waals surface area contributed by atoms with Crippen LogP contribution >= 0.6 is 23.2 Å². The molecule has 206 valence electrons. The van der Waals surface area contributed by atoms with E-state index in [4.69, 9.17) is 38.3 Å². The molecule has 0 fully saturated rings. The Morgan fingerprint density at radius 1 is 0.975 bits per heavy atom. The van der Waals surface area contributed by atoms with Gasteiger partial charge in [0.1, 0.15) is 5.82 Å². The molecule has 2 aromatic heterocycles. The number of nitrogens with zero attached hydrogens (tertiary/aromatic N) is 5. The molecular formula is C29H29Cl2N7O2. The number of halogens is 2. The van der Waals surface area contributed by atoms with Gasteiger partial charge in [0.05, 0.1) is 35.2 Å². The Balaban J connectivity index is 1.24. The fourth-order valence-electron chi connectivity index (χ4n) is 4.49. The van der Waals surface area contributed by atoms with Crippen LogP contribution in [0.4, 0.5) is 17.1 Å². The van der Waals surface area contributed by atoms with Gasteiger partial charge in [0.15, 0.2) is 0 Å². The van der Waals surface area contributed by atoms with E-state index in [9.17, 15) is 4.79 Å². The van der Waals surface area contributed by atoms with Crippen molar-refractivity contribution in [2.75, 3.05) is 40.8 Å². The zero-order valence-corrected chi connectivity index (χ0v) is 23.5. The summed E-state index contributed by atoms with van der Waals surface area (Å²) in [6.07, 6.45) is 0.853. The summed E-state index contributed by atoms with van der Waals surface area (Å²) in [6, 6.07) is 20.6. The number of anilines is 3. The quantitative estimate of drug-likeness (QED) is 0.162. The number of fused-ring (bicyclic) bond motifs is 1. The van der Waals surface area contributed by atoms with Crippen LogP contribution in [-0.4, -0.2) is 50.5 Å². The SMILES string of the molecule is Cn1c(Cc2nnc(Cc3ccc(C(=O)Nc4ccccc4N)cc3)o2)nc2cc(N(CCCl)CCCl)ccc21. The molecule has 0 saturated carbocycles. The van der Waals surface area contributed by atoms with Crippen LogP contribution in [0.3, 0.4) is 0 Å². The van der Waals surface area contributed by atoms with Gasteiger partial charge in [-0.25, -0.2) is 4.98 Å². The number of aryl methyl sites for hydroxylation is 1. The van der Waals surface area contributed by atoms with Gasteiger partial charge in [0, 0.05) is 43.1 Å². The standard InChI is InChI=1S/C29H29Cl2N7O2/c1-37-25-11-10-21(38(14-12-30)15-13-31)17-24(25)33-26(37)18-28-36-35-27(40-28)16-19-6-8-20(9-7-19)29(39)34-23-5-3-2-4-22(23)32/h2-11,17H,12-16,18,32H2,1H3,(H,34,39). The molecule has 0 unspecified atom stereocenters. The normalized spacial score (nSPS) is 11.2. The third-order valence-corrected chi connectivity index (χ3v) is 6.97. The molecule has 9 nitrogen and oxygen atoms in total. The molecule has 0 radical (unpaired) electrons. The van der Waals surface area contributed by atoms with Gasteiger partial charge in [-0.1, -0.05) is 24.3 Å². The highest BCUT2D eigenvalue weighted by Gasteiger charge is 2.16. The predicted octanol–water partition coefficient (Wildman–Crippen LogP) is 5.26. The molecule has 1 amide bonds. The Bertz CT molecular complexity index is 1610. The van der Waals surface area contributed by atoms with Crippen molar-refractivity contribution < 1.29 is 9.21 Å². The number of alkyl halides is 2. The van der Waals surface area contributed by atoms with Crippen molar-refractivity contribution in [3.05, 3.63) is 95.5 Å². The molecule has 5 rings (SSSR count). The smallest absolute Gasteiger partial charge is 0.255 e. The number of imidazole rings is 1. The summed E-state index contributed by atoms with van der Waals surface area (Å²) in [4.78, 5) is 19.6. The minimum atomic E-state index is -0.232. The van der Waals surface area contributed by atoms with Crippen molar-refractivity contribution in [3.8, 4) is 0 Å². The van der Waals surface area contributed by atoms with Crippen LogP contribution in [-0.2, 0) is 19.9 Å². The second kappa shape index (κ2) is 12.4.